The van der Waals surface area contributed by atoms with Crippen molar-refractivity contribution in [2.75, 3.05) is 16.0 Å². The van der Waals surface area contributed by atoms with Gasteiger partial charge in [-0.1, -0.05) is 116 Å². The molecule has 2 heterocycles. The van der Waals surface area contributed by atoms with Gasteiger partial charge in [-0.05, 0) is 71.1 Å². The number of aromatic nitrogens is 3. The Kier molecular flexibility index (Phi) is 7.59. The maximum atomic E-state index is 6.49. The molecule has 232 valence electrons. The Morgan fingerprint density at radius 1 is 0.521 bits per heavy atom. The fourth-order valence-electron chi connectivity index (χ4n) is 6.38. The van der Waals surface area contributed by atoms with Gasteiger partial charge in [0.2, 0.25) is 0 Å². The van der Waals surface area contributed by atoms with E-state index in [4.69, 9.17) is 20.7 Å². The largest absolute Gasteiger partial charge is 0.399 e. The average Bonchev–Trinajstić information content (AvgIpc) is 3.54. The first-order valence-electron chi connectivity index (χ1n) is 16.3. The van der Waals surface area contributed by atoms with Crippen molar-refractivity contribution in [1.82, 2.24) is 15.0 Å². The molecule has 0 radical (unpaired) electrons. The molecular formula is C42H34N6. The van der Waals surface area contributed by atoms with E-state index < -0.39 is 0 Å². The summed E-state index contributed by atoms with van der Waals surface area (Å²) >= 11 is 0. The van der Waals surface area contributed by atoms with Crippen molar-refractivity contribution >= 4 is 22.7 Å². The lowest BCUT2D eigenvalue weighted by atomic mass is 9.98. The van der Waals surface area contributed by atoms with Crippen LogP contribution in [0.2, 0.25) is 0 Å². The van der Waals surface area contributed by atoms with E-state index >= 15 is 0 Å². The van der Waals surface area contributed by atoms with Crippen molar-refractivity contribution in [3.8, 4) is 56.4 Å². The van der Waals surface area contributed by atoms with Crippen LogP contribution >= 0.6 is 0 Å². The quantitative estimate of drug-likeness (QED) is 0.172. The van der Waals surface area contributed by atoms with Crippen molar-refractivity contribution in [3.05, 3.63) is 152 Å². The van der Waals surface area contributed by atoms with Gasteiger partial charge in [0.05, 0.1) is 11.4 Å². The van der Waals surface area contributed by atoms with Crippen LogP contribution in [0.3, 0.4) is 0 Å². The van der Waals surface area contributed by atoms with Crippen LogP contribution in [0.15, 0.2) is 152 Å². The van der Waals surface area contributed by atoms with Crippen LogP contribution in [0.5, 0.6) is 0 Å². The number of nitrogens with two attached hydrogens (primary N) is 1. The number of benzene rings is 6. The lowest BCUT2D eigenvalue weighted by Crippen LogP contribution is -2.30. The molecular weight excluding hydrogens is 589 g/mol. The Hall–Kier alpha value is -6.27. The highest BCUT2D eigenvalue weighted by molar-refractivity contribution is 5.83. The Bertz CT molecular complexity index is 2140. The zero-order chi connectivity index (χ0) is 32.5. The van der Waals surface area contributed by atoms with Gasteiger partial charge in [-0.15, -0.1) is 0 Å². The van der Waals surface area contributed by atoms with Crippen LogP contribution in [-0.2, 0) is 0 Å². The Morgan fingerprint density at radius 2 is 1.00 bits per heavy atom. The van der Waals surface area contributed by atoms with E-state index in [-0.39, 0.29) is 6.17 Å². The van der Waals surface area contributed by atoms with E-state index in [0.29, 0.717) is 23.2 Å². The number of hydrogen-bond acceptors (Lipinski definition) is 6. The fraction of sp³-hybridized carbons (Fsp3) is 0.0714. The zero-order valence-corrected chi connectivity index (χ0v) is 26.6. The number of nitrogens with one attached hydrogen (secondary N) is 1. The molecule has 0 saturated heterocycles. The fourth-order valence-corrected chi connectivity index (χ4v) is 6.38. The normalized spacial score (nSPS) is 13.6. The van der Waals surface area contributed by atoms with E-state index in [2.05, 4.69) is 96.0 Å². The van der Waals surface area contributed by atoms with E-state index in [9.17, 15) is 0 Å². The van der Waals surface area contributed by atoms with Gasteiger partial charge in [0, 0.05) is 28.1 Å². The predicted molar refractivity (Wildman–Crippen MR) is 198 cm³/mol. The average molecular weight is 623 g/mol. The molecule has 6 heteroatoms. The van der Waals surface area contributed by atoms with Crippen LogP contribution in [0.4, 0.5) is 22.7 Å². The number of para-hydroxylation sites is 2. The minimum atomic E-state index is 0.239. The Labute approximate surface area is 280 Å². The predicted octanol–water partition coefficient (Wildman–Crippen LogP) is 10.1. The van der Waals surface area contributed by atoms with Gasteiger partial charge in [0.15, 0.2) is 17.5 Å². The molecule has 6 nitrogen and oxygen atoms in total. The lowest BCUT2D eigenvalue weighted by Gasteiger charge is -2.26. The molecule has 3 N–H and O–H groups in total. The molecule has 0 bridgehead atoms. The van der Waals surface area contributed by atoms with Crippen molar-refractivity contribution in [1.29, 1.82) is 0 Å². The molecule has 1 unspecified atom stereocenters. The number of anilines is 4. The summed E-state index contributed by atoms with van der Waals surface area (Å²) in [5.41, 5.74) is 17.8. The highest BCUT2D eigenvalue weighted by Crippen LogP contribution is 2.41. The molecule has 0 aliphatic carbocycles. The van der Waals surface area contributed by atoms with Crippen LogP contribution < -0.4 is 16.0 Å². The number of rotatable bonds is 7. The number of fused-ring (bicyclic) bond motifs is 1. The Balaban J connectivity index is 1.10. The summed E-state index contributed by atoms with van der Waals surface area (Å²) in [5.74, 6) is 1.82. The molecule has 0 spiro atoms. The van der Waals surface area contributed by atoms with Gasteiger partial charge in [0.25, 0.3) is 0 Å². The van der Waals surface area contributed by atoms with Crippen LogP contribution in [0.25, 0.3) is 56.4 Å². The van der Waals surface area contributed by atoms with E-state index in [1.165, 1.54) is 22.6 Å². The molecule has 48 heavy (non-hydrogen) atoms. The summed E-state index contributed by atoms with van der Waals surface area (Å²) in [7, 11) is 0. The minimum Gasteiger partial charge on any atom is -0.399 e. The number of nitrogens with zero attached hydrogens (tertiary/aromatic N) is 4. The second kappa shape index (κ2) is 12.5. The third kappa shape index (κ3) is 5.65. The summed E-state index contributed by atoms with van der Waals surface area (Å²) in [6.45, 7) is 2.21. The van der Waals surface area contributed by atoms with Crippen molar-refractivity contribution < 1.29 is 0 Å². The lowest BCUT2D eigenvalue weighted by molar-refractivity contribution is 0.728. The summed E-state index contributed by atoms with van der Waals surface area (Å²) in [6, 6.07) is 52.0. The SMILES string of the molecule is CCC1Nc2ccccc2N1c1ccc(-c2ccc(-c3cc(N)cc(-c4nc(-c5ccccc5)nc(-c5ccccc5)n4)c3)cc2)cc1. The first-order valence-corrected chi connectivity index (χ1v) is 16.3. The summed E-state index contributed by atoms with van der Waals surface area (Å²) in [4.78, 5) is 17.0. The maximum absolute atomic E-state index is 6.49. The second-order valence-corrected chi connectivity index (χ2v) is 12.0. The van der Waals surface area contributed by atoms with E-state index in [1.807, 2.05) is 72.8 Å². The molecule has 1 aliphatic rings. The van der Waals surface area contributed by atoms with Gasteiger partial charge < -0.3 is 16.0 Å². The van der Waals surface area contributed by atoms with Gasteiger partial charge in [-0.3, -0.25) is 0 Å². The molecule has 1 atom stereocenters. The third-order valence-corrected chi connectivity index (χ3v) is 8.79. The smallest absolute Gasteiger partial charge is 0.164 e. The van der Waals surface area contributed by atoms with Gasteiger partial charge in [-0.25, -0.2) is 15.0 Å². The van der Waals surface area contributed by atoms with Crippen molar-refractivity contribution in [2.45, 2.75) is 19.5 Å². The van der Waals surface area contributed by atoms with E-state index in [0.717, 1.165) is 39.8 Å². The van der Waals surface area contributed by atoms with E-state index in [1.54, 1.807) is 0 Å². The summed E-state index contributed by atoms with van der Waals surface area (Å²) in [5, 5.41) is 3.65. The highest BCUT2D eigenvalue weighted by Gasteiger charge is 2.28. The van der Waals surface area contributed by atoms with Crippen molar-refractivity contribution in [2.24, 2.45) is 0 Å². The summed E-state index contributed by atoms with van der Waals surface area (Å²) < 4.78 is 0. The van der Waals surface area contributed by atoms with Gasteiger partial charge in [-0.2, -0.15) is 0 Å². The standard InChI is InChI=1S/C42H34N6/c1-2-39-44-37-15-9-10-16-38(37)48(39)36-23-21-29(22-24-36)28-17-19-30(20-18-28)33-25-34(27-35(43)26-33)42-46-40(31-11-5-3-6-12-31)45-41(47-42)32-13-7-4-8-14-32/h3-27,39,44H,2,43H2,1H3. The highest BCUT2D eigenvalue weighted by atomic mass is 15.3. The van der Waals surface area contributed by atoms with Gasteiger partial charge in [0.1, 0.15) is 6.17 Å². The van der Waals surface area contributed by atoms with Gasteiger partial charge >= 0.3 is 0 Å². The maximum Gasteiger partial charge on any atom is 0.164 e. The van der Waals surface area contributed by atoms with Crippen LogP contribution in [-0.4, -0.2) is 21.1 Å². The molecule has 1 aromatic heterocycles. The third-order valence-electron chi connectivity index (χ3n) is 8.79. The first-order chi connectivity index (χ1) is 23.6. The molecule has 8 rings (SSSR count). The molecule has 0 amide bonds. The van der Waals surface area contributed by atoms with Crippen LogP contribution in [0.1, 0.15) is 13.3 Å². The molecule has 7 aromatic rings. The molecule has 0 saturated carbocycles. The van der Waals surface area contributed by atoms with Crippen LogP contribution in [0, 0.1) is 0 Å². The number of hydrogen-bond donors (Lipinski definition) is 2. The molecule has 6 aromatic carbocycles. The van der Waals surface area contributed by atoms with Crippen molar-refractivity contribution in [3.63, 3.8) is 0 Å². The Morgan fingerprint density at radius 3 is 1.58 bits per heavy atom. The topological polar surface area (TPSA) is 80.0 Å². The second-order valence-electron chi connectivity index (χ2n) is 12.0. The first kappa shape index (κ1) is 29.2. The monoisotopic (exact) mass is 622 g/mol. The zero-order valence-electron chi connectivity index (χ0n) is 26.6. The molecule has 1 aliphatic heterocycles. The summed E-state index contributed by atoms with van der Waals surface area (Å²) in [6.07, 6.45) is 1.24. The number of nitrogen functional groups attached to an aromatic ring is 1. The molecule has 0 fully saturated rings. The minimum absolute atomic E-state index is 0.239.